The van der Waals surface area contributed by atoms with Gasteiger partial charge >= 0.3 is 5.97 Å². The second-order valence-corrected chi connectivity index (χ2v) is 14.5. The van der Waals surface area contributed by atoms with Crippen LogP contribution >= 0.6 is 0 Å². The first kappa shape index (κ1) is 31.3. The molecule has 0 spiro atoms. The van der Waals surface area contributed by atoms with Gasteiger partial charge < -0.3 is 23.7 Å². The molecule has 6 heteroatoms. The van der Waals surface area contributed by atoms with E-state index < -0.39 is 11.6 Å². The molecule has 0 unspecified atom stereocenters. The zero-order chi connectivity index (χ0) is 31.8. The molecule has 0 radical (unpaired) electrons. The van der Waals surface area contributed by atoms with Crippen molar-refractivity contribution in [3.05, 3.63) is 77.4 Å². The van der Waals surface area contributed by atoms with E-state index >= 15 is 0 Å². The molecule has 0 aliphatic heterocycles. The van der Waals surface area contributed by atoms with Crippen LogP contribution in [-0.2, 0) is 14.9 Å². The molecule has 0 heterocycles. The molecule has 3 aromatic carbocycles. The molecule has 4 saturated carbocycles. The van der Waals surface area contributed by atoms with Crippen LogP contribution in [0.1, 0.15) is 95.2 Å². The van der Waals surface area contributed by atoms with Crippen LogP contribution in [0.5, 0.6) is 28.7 Å². The molecule has 6 nitrogen and oxygen atoms in total. The fraction of sp³-hybridized carbons (Fsp3) is 0.513. The molecule has 4 fully saturated rings. The maximum Gasteiger partial charge on any atom is 0.344 e. The third-order valence-corrected chi connectivity index (χ3v) is 10.1. The van der Waals surface area contributed by atoms with Gasteiger partial charge in [-0.3, -0.25) is 0 Å². The van der Waals surface area contributed by atoms with Crippen molar-refractivity contribution in [2.45, 2.75) is 89.6 Å². The van der Waals surface area contributed by atoms with E-state index in [2.05, 4.69) is 43.3 Å². The first-order chi connectivity index (χ1) is 21.6. The Labute approximate surface area is 268 Å². The molecule has 0 aromatic heterocycles. The normalized spacial score (nSPS) is 24.2. The highest BCUT2D eigenvalue weighted by atomic mass is 16.6. The van der Waals surface area contributed by atoms with Crippen molar-refractivity contribution >= 4 is 5.97 Å². The number of rotatable bonds is 11. The van der Waals surface area contributed by atoms with Crippen LogP contribution in [0.15, 0.2) is 60.7 Å². The van der Waals surface area contributed by atoms with Crippen molar-refractivity contribution in [2.75, 3.05) is 20.8 Å². The van der Waals surface area contributed by atoms with E-state index in [4.69, 9.17) is 23.7 Å². The van der Waals surface area contributed by atoms with Gasteiger partial charge in [-0.05, 0) is 130 Å². The maximum atomic E-state index is 12.3. The molecular weight excluding hydrogens is 564 g/mol. The monoisotopic (exact) mass is 612 g/mol. The van der Waals surface area contributed by atoms with E-state index in [0.29, 0.717) is 28.4 Å². The molecule has 0 saturated heterocycles. The van der Waals surface area contributed by atoms with Gasteiger partial charge in [0.25, 0.3) is 0 Å². The number of carbonyl (C=O) groups is 1. The quantitative estimate of drug-likeness (QED) is 0.201. The standard InChI is InChI=1S/C39H48O6/c1-7-32(28-9-8-10-31(20-28)43-24-35(40)45-38(2,3)4)33-15-16-34(41-5)37(42-6)36(33)44-30-13-11-29(12-14-30)39-21-25-17-26(22-39)19-27(18-25)23-39/h8-16,20,25-27,32H,7,17-19,21-24H2,1-6H3/t25?,26?,27?,32-,39?/m0/s1. The average molecular weight is 613 g/mol. The van der Waals surface area contributed by atoms with Crippen molar-refractivity contribution in [3.8, 4) is 28.7 Å². The van der Waals surface area contributed by atoms with Gasteiger partial charge in [0.05, 0.1) is 14.2 Å². The lowest BCUT2D eigenvalue weighted by atomic mass is 9.48. The lowest BCUT2D eigenvalue weighted by molar-refractivity contribution is -0.157. The summed E-state index contributed by atoms with van der Waals surface area (Å²) in [4.78, 5) is 12.3. The van der Waals surface area contributed by atoms with E-state index in [1.165, 1.54) is 44.1 Å². The summed E-state index contributed by atoms with van der Waals surface area (Å²) in [6, 6.07) is 20.7. The maximum absolute atomic E-state index is 12.3. The minimum Gasteiger partial charge on any atom is -0.493 e. The Morgan fingerprint density at radius 2 is 1.51 bits per heavy atom. The molecule has 0 N–H and O–H groups in total. The summed E-state index contributed by atoms with van der Waals surface area (Å²) in [5.41, 5.74) is 3.30. The van der Waals surface area contributed by atoms with Gasteiger partial charge in [0.15, 0.2) is 18.1 Å². The summed E-state index contributed by atoms with van der Waals surface area (Å²) >= 11 is 0. The number of esters is 1. The Balaban J connectivity index is 1.27. The van der Waals surface area contributed by atoms with Crippen LogP contribution in [-0.4, -0.2) is 32.4 Å². The minimum absolute atomic E-state index is 0.0174. The van der Waals surface area contributed by atoms with Gasteiger partial charge in [-0.25, -0.2) is 4.79 Å². The molecule has 3 aromatic rings. The van der Waals surface area contributed by atoms with E-state index in [1.807, 2.05) is 45.0 Å². The van der Waals surface area contributed by atoms with Crippen LogP contribution in [0.3, 0.4) is 0 Å². The first-order valence-corrected chi connectivity index (χ1v) is 16.6. The summed E-state index contributed by atoms with van der Waals surface area (Å²) in [7, 11) is 3.29. The summed E-state index contributed by atoms with van der Waals surface area (Å²) in [5, 5.41) is 0. The molecule has 45 heavy (non-hydrogen) atoms. The largest absolute Gasteiger partial charge is 0.493 e. The van der Waals surface area contributed by atoms with Gasteiger partial charge in [0.2, 0.25) is 5.75 Å². The van der Waals surface area contributed by atoms with Crippen LogP contribution in [0.2, 0.25) is 0 Å². The van der Waals surface area contributed by atoms with Crippen LogP contribution in [0, 0.1) is 17.8 Å². The van der Waals surface area contributed by atoms with Crippen molar-refractivity contribution in [1.82, 2.24) is 0 Å². The molecule has 4 aliphatic carbocycles. The zero-order valence-electron chi connectivity index (χ0n) is 27.7. The summed E-state index contributed by atoms with van der Waals surface area (Å²) in [5.74, 6) is 5.52. The SMILES string of the molecule is CC[C@@H](c1cccc(OCC(=O)OC(C)(C)C)c1)c1ccc(OC)c(OC)c1Oc1ccc(C23CC4CC(CC(C4)C2)C3)cc1. The fourth-order valence-corrected chi connectivity index (χ4v) is 8.72. The first-order valence-electron chi connectivity index (χ1n) is 16.6. The molecule has 1 atom stereocenters. The Morgan fingerprint density at radius 3 is 2.09 bits per heavy atom. The van der Waals surface area contributed by atoms with Crippen LogP contribution in [0.25, 0.3) is 0 Å². The highest BCUT2D eigenvalue weighted by molar-refractivity contribution is 5.71. The van der Waals surface area contributed by atoms with E-state index in [0.717, 1.165) is 41.1 Å². The second kappa shape index (κ2) is 12.6. The number of methoxy groups -OCH3 is 2. The predicted octanol–water partition coefficient (Wildman–Crippen LogP) is 9.23. The zero-order valence-corrected chi connectivity index (χ0v) is 27.7. The van der Waals surface area contributed by atoms with Crippen molar-refractivity contribution < 1.29 is 28.5 Å². The minimum atomic E-state index is -0.561. The Hall–Kier alpha value is -3.67. The predicted molar refractivity (Wildman–Crippen MR) is 176 cm³/mol. The summed E-state index contributed by atoms with van der Waals surface area (Å²) < 4.78 is 29.5. The number of hydrogen-bond donors (Lipinski definition) is 0. The lowest BCUT2D eigenvalue weighted by Gasteiger charge is -2.57. The van der Waals surface area contributed by atoms with E-state index in [1.54, 1.807) is 14.2 Å². The average Bonchev–Trinajstić information content (AvgIpc) is 3.00. The van der Waals surface area contributed by atoms with Crippen molar-refractivity contribution in [3.63, 3.8) is 0 Å². The molecule has 7 rings (SSSR count). The summed E-state index contributed by atoms with van der Waals surface area (Å²) in [6.07, 6.45) is 9.15. The van der Waals surface area contributed by atoms with Crippen molar-refractivity contribution in [1.29, 1.82) is 0 Å². The number of benzene rings is 3. The van der Waals surface area contributed by atoms with E-state index in [-0.39, 0.29) is 12.5 Å². The Bertz CT molecular complexity index is 1470. The molecule has 0 amide bonds. The summed E-state index contributed by atoms with van der Waals surface area (Å²) in [6.45, 7) is 7.54. The van der Waals surface area contributed by atoms with Gasteiger partial charge in [0.1, 0.15) is 17.1 Å². The van der Waals surface area contributed by atoms with Gasteiger partial charge in [-0.2, -0.15) is 0 Å². The molecule has 4 aliphatic rings. The second-order valence-electron chi connectivity index (χ2n) is 14.5. The smallest absolute Gasteiger partial charge is 0.344 e. The fourth-order valence-electron chi connectivity index (χ4n) is 8.72. The van der Waals surface area contributed by atoms with Crippen LogP contribution < -0.4 is 18.9 Å². The number of carbonyl (C=O) groups excluding carboxylic acids is 1. The number of hydrogen-bond acceptors (Lipinski definition) is 6. The lowest BCUT2D eigenvalue weighted by Crippen LogP contribution is -2.48. The molecule has 4 bridgehead atoms. The van der Waals surface area contributed by atoms with Gasteiger partial charge in [-0.15, -0.1) is 0 Å². The van der Waals surface area contributed by atoms with Crippen LogP contribution in [0.4, 0.5) is 0 Å². The Morgan fingerprint density at radius 1 is 0.844 bits per heavy atom. The molecular formula is C39H48O6. The number of ether oxygens (including phenoxy) is 5. The highest BCUT2D eigenvalue weighted by Crippen LogP contribution is 2.61. The Kier molecular flexibility index (Phi) is 8.78. The third-order valence-electron chi connectivity index (χ3n) is 10.1. The third kappa shape index (κ3) is 6.66. The molecule has 240 valence electrons. The van der Waals surface area contributed by atoms with Gasteiger partial charge in [-0.1, -0.05) is 37.3 Å². The topological polar surface area (TPSA) is 63.2 Å². The van der Waals surface area contributed by atoms with Crippen molar-refractivity contribution in [2.24, 2.45) is 17.8 Å². The van der Waals surface area contributed by atoms with Gasteiger partial charge in [0, 0.05) is 11.5 Å². The highest BCUT2D eigenvalue weighted by Gasteiger charge is 2.51. The van der Waals surface area contributed by atoms with E-state index in [9.17, 15) is 4.79 Å².